The molecule has 0 spiro atoms. The van der Waals surface area contributed by atoms with Gasteiger partial charge in [-0.3, -0.25) is 10.1 Å². The lowest BCUT2D eigenvalue weighted by atomic mass is 10.2. The van der Waals surface area contributed by atoms with Gasteiger partial charge < -0.3 is 0 Å². The van der Waals surface area contributed by atoms with Gasteiger partial charge in [0, 0.05) is 6.07 Å². The standard InChI is InChI=1S/C7H7FN2O4S/c8-6-2-1-5(4-15(9,13)14)3-7(6)10(11)12/h1-3H,4H2,(H2,9,13,14). The molecule has 2 N–H and O–H groups in total. The zero-order valence-corrected chi connectivity index (χ0v) is 8.20. The van der Waals surface area contributed by atoms with Gasteiger partial charge in [0.25, 0.3) is 0 Å². The van der Waals surface area contributed by atoms with Crippen LogP contribution in [0.2, 0.25) is 0 Å². The fourth-order valence-electron chi connectivity index (χ4n) is 1.02. The second-order valence-corrected chi connectivity index (χ2v) is 4.46. The molecule has 0 radical (unpaired) electrons. The molecule has 0 aliphatic heterocycles. The van der Waals surface area contributed by atoms with E-state index >= 15 is 0 Å². The fraction of sp³-hybridized carbons (Fsp3) is 0.143. The van der Waals surface area contributed by atoms with E-state index in [9.17, 15) is 22.9 Å². The van der Waals surface area contributed by atoms with E-state index in [2.05, 4.69) is 0 Å². The van der Waals surface area contributed by atoms with Crippen LogP contribution in [0.15, 0.2) is 18.2 Å². The highest BCUT2D eigenvalue weighted by Gasteiger charge is 2.16. The van der Waals surface area contributed by atoms with Crippen molar-refractivity contribution in [1.82, 2.24) is 0 Å². The van der Waals surface area contributed by atoms with E-state index in [0.717, 1.165) is 18.2 Å². The van der Waals surface area contributed by atoms with Crippen LogP contribution in [0.4, 0.5) is 10.1 Å². The molecule has 0 aromatic heterocycles. The molecule has 0 heterocycles. The molecule has 1 aromatic carbocycles. The third kappa shape index (κ3) is 3.26. The lowest BCUT2D eigenvalue weighted by Gasteiger charge is -1.99. The molecular weight excluding hydrogens is 227 g/mol. The Kier molecular flexibility index (Phi) is 3.01. The lowest BCUT2D eigenvalue weighted by Crippen LogP contribution is -2.14. The maximum absolute atomic E-state index is 12.8. The topological polar surface area (TPSA) is 103 Å². The maximum Gasteiger partial charge on any atom is 0.305 e. The molecule has 8 heteroatoms. The zero-order valence-electron chi connectivity index (χ0n) is 7.38. The number of rotatable bonds is 3. The highest BCUT2D eigenvalue weighted by Crippen LogP contribution is 2.19. The quantitative estimate of drug-likeness (QED) is 0.608. The van der Waals surface area contributed by atoms with E-state index in [4.69, 9.17) is 5.14 Å². The number of hydrogen-bond acceptors (Lipinski definition) is 4. The Balaban J connectivity index is 3.14. The summed E-state index contributed by atoms with van der Waals surface area (Å²) < 4.78 is 34.2. The predicted molar refractivity (Wildman–Crippen MR) is 49.9 cm³/mol. The summed E-state index contributed by atoms with van der Waals surface area (Å²) in [5.41, 5.74) is -0.693. The highest BCUT2D eigenvalue weighted by atomic mass is 32.2. The molecule has 1 aromatic rings. The predicted octanol–water partition coefficient (Wildman–Crippen LogP) is 0.522. The van der Waals surface area contributed by atoms with Crippen molar-refractivity contribution in [2.24, 2.45) is 5.14 Å². The Hall–Kier alpha value is -1.54. The molecule has 0 aliphatic rings. The minimum absolute atomic E-state index is 0.0746. The van der Waals surface area contributed by atoms with Gasteiger partial charge >= 0.3 is 5.69 Å². The Morgan fingerprint density at radius 2 is 2.07 bits per heavy atom. The Morgan fingerprint density at radius 3 is 2.53 bits per heavy atom. The molecule has 6 nitrogen and oxygen atoms in total. The van der Waals surface area contributed by atoms with E-state index in [1.807, 2.05) is 0 Å². The summed E-state index contributed by atoms with van der Waals surface area (Å²) in [5.74, 6) is -1.58. The average molecular weight is 234 g/mol. The van der Waals surface area contributed by atoms with Gasteiger partial charge in [0.2, 0.25) is 15.8 Å². The van der Waals surface area contributed by atoms with Crippen LogP contribution < -0.4 is 5.14 Å². The van der Waals surface area contributed by atoms with Crippen LogP contribution in [-0.4, -0.2) is 13.3 Å². The number of hydrogen-bond donors (Lipinski definition) is 1. The van der Waals surface area contributed by atoms with E-state index in [1.54, 1.807) is 0 Å². The average Bonchev–Trinajstić information content (AvgIpc) is 2.05. The van der Waals surface area contributed by atoms with E-state index in [-0.39, 0.29) is 5.56 Å². The third-order valence-corrected chi connectivity index (χ3v) is 2.31. The molecule has 0 saturated heterocycles. The third-order valence-electron chi connectivity index (χ3n) is 1.58. The Morgan fingerprint density at radius 1 is 1.47 bits per heavy atom. The smallest absolute Gasteiger partial charge is 0.258 e. The number of benzene rings is 1. The summed E-state index contributed by atoms with van der Waals surface area (Å²) in [6, 6.07) is 2.81. The molecule has 0 unspecified atom stereocenters. The van der Waals surface area contributed by atoms with E-state index in [1.165, 1.54) is 0 Å². The van der Waals surface area contributed by atoms with Crippen molar-refractivity contribution in [2.45, 2.75) is 5.75 Å². The monoisotopic (exact) mass is 234 g/mol. The van der Waals surface area contributed by atoms with Crippen molar-refractivity contribution in [3.63, 3.8) is 0 Å². The maximum atomic E-state index is 12.8. The summed E-state index contributed by atoms with van der Waals surface area (Å²) in [6.45, 7) is 0. The van der Waals surface area contributed by atoms with Gasteiger partial charge in [0.1, 0.15) is 0 Å². The van der Waals surface area contributed by atoms with Crippen LogP contribution in [0.3, 0.4) is 0 Å². The first kappa shape index (κ1) is 11.5. The van der Waals surface area contributed by atoms with Gasteiger partial charge in [-0.25, -0.2) is 13.6 Å². The van der Waals surface area contributed by atoms with Gasteiger partial charge in [0.15, 0.2) is 0 Å². The number of nitro benzene ring substituents is 1. The first-order valence-corrected chi connectivity index (χ1v) is 5.44. The lowest BCUT2D eigenvalue weighted by molar-refractivity contribution is -0.387. The van der Waals surface area contributed by atoms with Crippen LogP contribution in [-0.2, 0) is 15.8 Å². The van der Waals surface area contributed by atoms with Crippen molar-refractivity contribution in [1.29, 1.82) is 0 Å². The molecule has 0 amide bonds. The number of sulfonamides is 1. The van der Waals surface area contributed by atoms with Crippen molar-refractivity contribution in [3.05, 3.63) is 39.7 Å². The van der Waals surface area contributed by atoms with Crippen LogP contribution >= 0.6 is 0 Å². The largest absolute Gasteiger partial charge is 0.305 e. The SMILES string of the molecule is NS(=O)(=O)Cc1ccc(F)c([N+](=O)[O-])c1. The van der Waals surface area contributed by atoms with Gasteiger partial charge in [-0.2, -0.15) is 4.39 Å². The summed E-state index contributed by atoms with van der Waals surface area (Å²) in [7, 11) is -3.78. The molecule has 0 fully saturated rings. The molecule has 0 saturated carbocycles. The number of nitrogens with zero attached hydrogens (tertiary/aromatic N) is 1. The molecule has 0 bridgehead atoms. The zero-order chi connectivity index (χ0) is 11.6. The number of nitro groups is 1. The second kappa shape index (κ2) is 3.91. The van der Waals surface area contributed by atoms with Gasteiger partial charge in [-0.05, 0) is 11.6 Å². The van der Waals surface area contributed by atoms with Crippen LogP contribution in [0.1, 0.15) is 5.56 Å². The molecule has 15 heavy (non-hydrogen) atoms. The highest BCUT2D eigenvalue weighted by molar-refractivity contribution is 7.88. The van der Waals surface area contributed by atoms with Crippen molar-refractivity contribution in [2.75, 3.05) is 0 Å². The van der Waals surface area contributed by atoms with Gasteiger partial charge in [0.05, 0.1) is 10.7 Å². The number of halogens is 1. The molecular formula is C7H7FN2O4S. The summed E-state index contributed by atoms with van der Waals surface area (Å²) in [6.07, 6.45) is 0. The van der Waals surface area contributed by atoms with Gasteiger partial charge in [-0.15, -0.1) is 0 Å². The summed E-state index contributed by atoms with van der Waals surface area (Å²) in [5, 5.41) is 15.1. The normalized spacial score (nSPS) is 11.3. The first-order valence-electron chi connectivity index (χ1n) is 3.73. The number of nitrogens with two attached hydrogens (primary N) is 1. The Bertz CT molecular complexity index is 500. The van der Waals surface area contributed by atoms with Crippen LogP contribution in [0, 0.1) is 15.9 Å². The summed E-state index contributed by atoms with van der Waals surface area (Å²) >= 11 is 0. The van der Waals surface area contributed by atoms with Crippen molar-refractivity contribution in [3.8, 4) is 0 Å². The summed E-state index contributed by atoms with van der Waals surface area (Å²) in [4.78, 5) is 9.40. The first-order chi connectivity index (χ1) is 6.79. The van der Waals surface area contributed by atoms with Crippen LogP contribution in [0.25, 0.3) is 0 Å². The van der Waals surface area contributed by atoms with E-state index < -0.39 is 32.2 Å². The molecule has 0 aliphatic carbocycles. The van der Waals surface area contributed by atoms with Crippen LogP contribution in [0.5, 0.6) is 0 Å². The van der Waals surface area contributed by atoms with Gasteiger partial charge in [-0.1, -0.05) is 6.07 Å². The Labute approximate surface area is 84.7 Å². The minimum atomic E-state index is -3.78. The minimum Gasteiger partial charge on any atom is -0.258 e. The molecule has 82 valence electrons. The van der Waals surface area contributed by atoms with Crippen molar-refractivity contribution >= 4 is 15.7 Å². The second-order valence-electron chi connectivity index (χ2n) is 2.85. The fourth-order valence-corrected chi connectivity index (χ4v) is 1.66. The molecule has 1 rings (SSSR count). The van der Waals surface area contributed by atoms with Crippen molar-refractivity contribution < 1.29 is 17.7 Å². The van der Waals surface area contributed by atoms with E-state index in [0.29, 0.717) is 0 Å². The molecule has 0 atom stereocenters. The number of primary sulfonamides is 1.